The zero-order chi connectivity index (χ0) is 23.8. The van der Waals surface area contributed by atoms with E-state index in [1.807, 2.05) is 30.0 Å². The van der Waals surface area contributed by atoms with Gasteiger partial charge in [0.1, 0.15) is 17.6 Å². The van der Waals surface area contributed by atoms with Crippen LogP contribution in [0.25, 0.3) is 0 Å². The van der Waals surface area contributed by atoms with E-state index in [1.54, 1.807) is 19.4 Å². The molecule has 0 saturated heterocycles. The number of methoxy groups -OCH3 is 1. The highest BCUT2D eigenvalue weighted by atomic mass is 16.5. The van der Waals surface area contributed by atoms with Gasteiger partial charge in [0, 0.05) is 50.4 Å². The lowest BCUT2D eigenvalue weighted by Crippen LogP contribution is -2.45. The number of hydrogen-bond acceptors (Lipinski definition) is 6. The lowest BCUT2D eigenvalue weighted by molar-refractivity contribution is -0.131. The number of likely N-dealkylation sites (N-methyl/N-ethyl adjacent to an activating group) is 2. The van der Waals surface area contributed by atoms with E-state index in [9.17, 15) is 4.79 Å². The first kappa shape index (κ1) is 24.5. The molecule has 0 spiro atoms. The van der Waals surface area contributed by atoms with Crippen molar-refractivity contribution in [3.8, 4) is 11.8 Å². The molecule has 1 fully saturated rings. The van der Waals surface area contributed by atoms with Gasteiger partial charge in [-0.1, -0.05) is 12.1 Å². The monoisotopic (exact) mass is 449 g/mol. The number of nitrogens with zero attached hydrogens (tertiary/aromatic N) is 4. The zero-order valence-corrected chi connectivity index (χ0v) is 20.2. The normalized spacial score (nSPS) is 14.8. The van der Waals surface area contributed by atoms with Gasteiger partial charge in [0.25, 0.3) is 0 Å². The fourth-order valence-corrected chi connectivity index (χ4v) is 4.32. The number of nitrogens with one attached hydrogen (secondary N) is 1. The SMILES string of the molecule is CCN(CC(C)N(CC)c1ccc(C#N)cn1)C(=O)CCNC1(c2ccc(OC)cc2)CC1. The minimum absolute atomic E-state index is 0.00282. The minimum Gasteiger partial charge on any atom is -0.497 e. The molecule has 1 saturated carbocycles. The minimum atomic E-state index is -0.00282. The van der Waals surface area contributed by atoms with Gasteiger partial charge in [-0.3, -0.25) is 4.79 Å². The standard InChI is InChI=1S/C26H35N5O2/c1-5-30(19-20(3)31(6-2)24-12-7-21(17-27)18-28-24)25(32)13-16-29-26(14-15-26)22-8-10-23(33-4)11-9-22/h7-12,18,20,29H,5-6,13-16,19H2,1-4H3. The molecule has 0 bridgehead atoms. The third-order valence-corrected chi connectivity index (χ3v) is 6.46. The number of aromatic nitrogens is 1. The Kier molecular flexibility index (Phi) is 8.29. The molecule has 7 heteroatoms. The molecular formula is C26H35N5O2. The number of nitriles is 1. The Bertz CT molecular complexity index is 948. The summed E-state index contributed by atoms with van der Waals surface area (Å²) in [5, 5.41) is 12.6. The molecule has 7 nitrogen and oxygen atoms in total. The maximum atomic E-state index is 13.0. The topological polar surface area (TPSA) is 81.5 Å². The van der Waals surface area contributed by atoms with Crippen LogP contribution in [0.3, 0.4) is 0 Å². The molecule has 0 aliphatic heterocycles. The Hall–Kier alpha value is -3.11. The summed E-state index contributed by atoms with van der Waals surface area (Å²) in [5.41, 5.74) is 1.80. The third kappa shape index (κ3) is 6.02. The number of pyridine rings is 1. The van der Waals surface area contributed by atoms with Crippen LogP contribution in [0.1, 0.15) is 51.2 Å². The first-order chi connectivity index (χ1) is 16.0. The van der Waals surface area contributed by atoms with Crippen LogP contribution in [-0.2, 0) is 10.3 Å². The molecule has 33 heavy (non-hydrogen) atoms. The highest BCUT2D eigenvalue weighted by Gasteiger charge is 2.43. The maximum Gasteiger partial charge on any atom is 0.223 e. The molecule has 1 N–H and O–H groups in total. The van der Waals surface area contributed by atoms with Gasteiger partial charge in [0.15, 0.2) is 0 Å². The molecule has 0 radical (unpaired) electrons. The highest BCUT2D eigenvalue weighted by Crippen LogP contribution is 2.45. The van der Waals surface area contributed by atoms with E-state index in [-0.39, 0.29) is 17.5 Å². The van der Waals surface area contributed by atoms with Crippen LogP contribution in [0, 0.1) is 11.3 Å². The Morgan fingerprint density at radius 2 is 1.94 bits per heavy atom. The van der Waals surface area contributed by atoms with Gasteiger partial charge in [0.2, 0.25) is 5.91 Å². The maximum absolute atomic E-state index is 13.0. The van der Waals surface area contributed by atoms with Crippen LogP contribution in [0.5, 0.6) is 5.75 Å². The van der Waals surface area contributed by atoms with E-state index in [0.29, 0.717) is 31.6 Å². The van der Waals surface area contributed by atoms with Crippen LogP contribution in [0.15, 0.2) is 42.6 Å². The van der Waals surface area contributed by atoms with E-state index in [1.165, 1.54) is 5.56 Å². The predicted octanol–water partition coefficient (Wildman–Crippen LogP) is 3.69. The van der Waals surface area contributed by atoms with Crippen molar-refractivity contribution >= 4 is 11.7 Å². The van der Waals surface area contributed by atoms with Crippen molar-refractivity contribution in [2.45, 2.75) is 51.6 Å². The van der Waals surface area contributed by atoms with Crippen LogP contribution >= 0.6 is 0 Å². The molecule has 1 aliphatic carbocycles. The second-order valence-corrected chi connectivity index (χ2v) is 8.57. The summed E-state index contributed by atoms with van der Waals surface area (Å²) in [6, 6.07) is 14.1. The molecular weight excluding hydrogens is 414 g/mol. The van der Waals surface area contributed by atoms with Crippen molar-refractivity contribution < 1.29 is 9.53 Å². The Morgan fingerprint density at radius 1 is 1.21 bits per heavy atom. The van der Waals surface area contributed by atoms with Crippen molar-refractivity contribution in [3.63, 3.8) is 0 Å². The van der Waals surface area contributed by atoms with Crippen LogP contribution < -0.4 is 15.0 Å². The van der Waals surface area contributed by atoms with Crippen LogP contribution in [0.4, 0.5) is 5.82 Å². The molecule has 2 aromatic rings. The van der Waals surface area contributed by atoms with Gasteiger partial charge in [-0.2, -0.15) is 5.26 Å². The molecule has 1 aromatic heterocycles. The number of rotatable bonds is 12. The van der Waals surface area contributed by atoms with Crippen molar-refractivity contribution in [1.82, 2.24) is 15.2 Å². The van der Waals surface area contributed by atoms with Crippen molar-refractivity contribution in [2.75, 3.05) is 38.2 Å². The molecule has 1 amide bonds. The quantitative estimate of drug-likeness (QED) is 0.532. The first-order valence-corrected chi connectivity index (χ1v) is 11.8. The molecule has 176 valence electrons. The number of benzene rings is 1. The summed E-state index contributed by atoms with van der Waals surface area (Å²) in [6.07, 6.45) is 4.24. The Morgan fingerprint density at radius 3 is 2.45 bits per heavy atom. The number of ether oxygens (including phenoxy) is 1. The average molecular weight is 450 g/mol. The van der Waals surface area contributed by atoms with Gasteiger partial charge >= 0.3 is 0 Å². The second kappa shape index (κ2) is 11.2. The molecule has 1 heterocycles. The fraction of sp³-hybridized carbons (Fsp3) is 0.500. The van der Waals surface area contributed by atoms with Crippen molar-refractivity contribution in [3.05, 3.63) is 53.7 Å². The summed E-state index contributed by atoms with van der Waals surface area (Å²) in [4.78, 5) is 21.5. The summed E-state index contributed by atoms with van der Waals surface area (Å²) in [6.45, 7) is 8.95. The number of carbonyl (C=O) groups excluding carboxylic acids is 1. The van der Waals surface area contributed by atoms with E-state index >= 15 is 0 Å². The Balaban J connectivity index is 1.53. The smallest absolute Gasteiger partial charge is 0.223 e. The van der Waals surface area contributed by atoms with E-state index in [2.05, 4.69) is 47.3 Å². The van der Waals surface area contributed by atoms with E-state index < -0.39 is 0 Å². The number of anilines is 1. The largest absolute Gasteiger partial charge is 0.497 e. The molecule has 1 aromatic carbocycles. The molecule has 1 unspecified atom stereocenters. The second-order valence-electron chi connectivity index (χ2n) is 8.57. The average Bonchev–Trinajstić information content (AvgIpc) is 3.64. The number of amides is 1. The third-order valence-electron chi connectivity index (χ3n) is 6.46. The lowest BCUT2D eigenvalue weighted by Gasteiger charge is -2.33. The van der Waals surface area contributed by atoms with Gasteiger partial charge in [-0.15, -0.1) is 0 Å². The lowest BCUT2D eigenvalue weighted by atomic mass is 10.0. The fourth-order valence-electron chi connectivity index (χ4n) is 4.32. The number of carbonyl (C=O) groups is 1. The van der Waals surface area contributed by atoms with Gasteiger partial charge in [-0.25, -0.2) is 4.98 Å². The van der Waals surface area contributed by atoms with Gasteiger partial charge in [-0.05, 0) is 63.4 Å². The summed E-state index contributed by atoms with van der Waals surface area (Å²) >= 11 is 0. The van der Waals surface area contributed by atoms with E-state index in [4.69, 9.17) is 10.00 Å². The van der Waals surface area contributed by atoms with Gasteiger partial charge < -0.3 is 19.9 Å². The van der Waals surface area contributed by atoms with Crippen LogP contribution in [-0.4, -0.2) is 55.1 Å². The van der Waals surface area contributed by atoms with Crippen molar-refractivity contribution in [1.29, 1.82) is 5.26 Å². The molecule has 1 aliphatic rings. The summed E-state index contributed by atoms with van der Waals surface area (Å²) < 4.78 is 5.26. The zero-order valence-electron chi connectivity index (χ0n) is 20.2. The number of hydrogen-bond donors (Lipinski definition) is 1. The predicted molar refractivity (Wildman–Crippen MR) is 130 cm³/mol. The van der Waals surface area contributed by atoms with E-state index in [0.717, 1.165) is 31.0 Å². The van der Waals surface area contributed by atoms with Crippen LogP contribution in [0.2, 0.25) is 0 Å². The Labute approximate surface area is 197 Å². The molecule has 1 atom stereocenters. The van der Waals surface area contributed by atoms with Crippen molar-refractivity contribution in [2.24, 2.45) is 0 Å². The van der Waals surface area contributed by atoms with Gasteiger partial charge in [0.05, 0.1) is 12.7 Å². The summed E-state index contributed by atoms with van der Waals surface area (Å²) in [5.74, 6) is 1.84. The summed E-state index contributed by atoms with van der Waals surface area (Å²) in [7, 11) is 1.67. The highest BCUT2D eigenvalue weighted by molar-refractivity contribution is 5.76. The first-order valence-electron chi connectivity index (χ1n) is 11.8. The molecule has 3 rings (SSSR count).